The van der Waals surface area contributed by atoms with Gasteiger partial charge in [0, 0.05) is 22.5 Å². The number of hydrogen-bond acceptors (Lipinski definition) is 1. The van der Waals surface area contributed by atoms with E-state index in [1.54, 1.807) is 0 Å². The Morgan fingerprint density at radius 1 is 0.508 bits per heavy atom. The molecule has 0 aromatic heterocycles. The van der Waals surface area contributed by atoms with E-state index in [1.807, 2.05) is 0 Å². The van der Waals surface area contributed by atoms with Crippen LogP contribution in [0.1, 0.15) is 157 Å². The molecule has 302 valence electrons. The first-order valence-corrected chi connectivity index (χ1v) is 23.2. The molecule has 0 N–H and O–H groups in total. The van der Waals surface area contributed by atoms with Crippen LogP contribution in [0, 0.1) is 5.92 Å². The predicted molar refractivity (Wildman–Crippen MR) is 253 cm³/mol. The van der Waals surface area contributed by atoms with Crippen LogP contribution in [0.25, 0.3) is 22.3 Å². The SMILES string of the molecule is CCC1CCCC(c2ccc(-c3ccc(N(c4ccc(C5CCCCC5)cc4)c4ccc5c(c4)C(C)(c4ccc(C(C)(C)C)cc4)c4ccccc4-5)cc3)cc2)CCC1. The van der Waals surface area contributed by atoms with Crippen molar-refractivity contribution in [1.82, 2.24) is 0 Å². The molecule has 1 heteroatoms. The van der Waals surface area contributed by atoms with E-state index in [1.165, 1.54) is 150 Å². The zero-order valence-electron chi connectivity index (χ0n) is 36.4. The van der Waals surface area contributed by atoms with Crippen molar-refractivity contribution in [3.63, 3.8) is 0 Å². The van der Waals surface area contributed by atoms with Crippen LogP contribution in [0.15, 0.2) is 140 Å². The van der Waals surface area contributed by atoms with E-state index in [0.717, 1.165) is 5.92 Å². The molecule has 0 bridgehead atoms. The fourth-order valence-corrected chi connectivity index (χ4v) is 11.1. The van der Waals surface area contributed by atoms with Gasteiger partial charge in [-0.15, -0.1) is 0 Å². The molecule has 3 aliphatic carbocycles. The summed E-state index contributed by atoms with van der Waals surface area (Å²) in [5, 5.41) is 0. The molecule has 1 atom stereocenters. The predicted octanol–water partition coefficient (Wildman–Crippen LogP) is 17.0. The van der Waals surface area contributed by atoms with Crippen molar-refractivity contribution in [1.29, 1.82) is 0 Å². The van der Waals surface area contributed by atoms with Crippen molar-refractivity contribution < 1.29 is 0 Å². The summed E-state index contributed by atoms with van der Waals surface area (Å²) in [5.74, 6) is 2.32. The molecule has 6 aromatic carbocycles. The van der Waals surface area contributed by atoms with Crippen LogP contribution in [0.2, 0.25) is 0 Å². The molecule has 0 radical (unpaired) electrons. The normalized spacial score (nSPS) is 21.0. The Kier molecular flexibility index (Phi) is 11.2. The molecule has 59 heavy (non-hydrogen) atoms. The Labute approximate surface area is 355 Å². The van der Waals surface area contributed by atoms with Gasteiger partial charge >= 0.3 is 0 Å². The summed E-state index contributed by atoms with van der Waals surface area (Å²) in [4.78, 5) is 2.49. The van der Waals surface area contributed by atoms with Gasteiger partial charge in [-0.25, -0.2) is 0 Å². The number of fused-ring (bicyclic) bond motifs is 3. The van der Waals surface area contributed by atoms with Crippen LogP contribution < -0.4 is 4.90 Å². The molecule has 1 unspecified atom stereocenters. The van der Waals surface area contributed by atoms with Crippen molar-refractivity contribution in [2.75, 3.05) is 4.90 Å². The maximum absolute atomic E-state index is 2.49. The van der Waals surface area contributed by atoms with Crippen LogP contribution in [0.5, 0.6) is 0 Å². The fourth-order valence-electron chi connectivity index (χ4n) is 11.1. The average molecular weight is 776 g/mol. The van der Waals surface area contributed by atoms with Crippen LogP contribution >= 0.6 is 0 Å². The third-order valence-corrected chi connectivity index (χ3v) is 14.9. The lowest BCUT2D eigenvalue weighted by atomic mass is 9.73. The van der Waals surface area contributed by atoms with Crippen molar-refractivity contribution in [3.8, 4) is 22.3 Å². The molecule has 2 fully saturated rings. The molecule has 0 aliphatic heterocycles. The van der Waals surface area contributed by atoms with Gasteiger partial charge in [-0.05, 0) is 148 Å². The monoisotopic (exact) mass is 776 g/mol. The number of rotatable bonds is 8. The van der Waals surface area contributed by atoms with E-state index >= 15 is 0 Å². The first kappa shape index (κ1) is 39.6. The van der Waals surface area contributed by atoms with Crippen LogP contribution in [-0.2, 0) is 10.8 Å². The summed E-state index contributed by atoms with van der Waals surface area (Å²) in [5.41, 5.74) is 17.1. The van der Waals surface area contributed by atoms with Crippen molar-refractivity contribution in [2.24, 2.45) is 5.92 Å². The minimum atomic E-state index is -0.279. The average Bonchev–Trinajstić information content (AvgIpc) is 3.52. The summed E-state index contributed by atoms with van der Waals surface area (Å²) < 4.78 is 0. The van der Waals surface area contributed by atoms with Crippen molar-refractivity contribution in [2.45, 2.75) is 134 Å². The zero-order valence-corrected chi connectivity index (χ0v) is 36.4. The first-order chi connectivity index (χ1) is 28.7. The molecule has 0 saturated heterocycles. The lowest BCUT2D eigenvalue weighted by Crippen LogP contribution is -2.23. The number of benzene rings is 6. The van der Waals surface area contributed by atoms with Gasteiger partial charge in [-0.1, -0.05) is 182 Å². The highest BCUT2D eigenvalue weighted by Crippen LogP contribution is 2.54. The molecular weight excluding hydrogens is 711 g/mol. The molecule has 0 amide bonds. The van der Waals surface area contributed by atoms with Gasteiger partial charge in [0.05, 0.1) is 0 Å². The molecule has 1 nitrogen and oxygen atoms in total. The third-order valence-electron chi connectivity index (χ3n) is 14.9. The largest absolute Gasteiger partial charge is 0.310 e. The second kappa shape index (κ2) is 16.6. The van der Waals surface area contributed by atoms with Gasteiger partial charge < -0.3 is 4.90 Å². The van der Waals surface area contributed by atoms with E-state index in [-0.39, 0.29) is 10.8 Å². The van der Waals surface area contributed by atoms with Gasteiger partial charge in [0.25, 0.3) is 0 Å². The number of anilines is 3. The Morgan fingerprint density at radius 2 is 1.02 bits per heavy atom. The second-order valence-corrected chi connectivity index (χ2v) is 19.5. The van der Waals surface area contributed by atoms with Crippen molar-refractivity contribution in [3.05, 3.63) is 173 Å². The minimum absolute atomic E-state index is 0.108. The van der Waals surface area contributed by atoms with Crippen molar-refractivity contribution >= 4 is 17.1 Å². The highest BCUT2D eigenvalue weighted by atomic mass is 15.1. The highest BCUT2D eigenvalue weighted by Gasteiger charge is 2.41. The Morgan fingerprint density at radius 3 is 1.61 bits per heavy atom. The van der Waals surface area contributed by atoms with E-state index in [4.69, 9.17) is 0 Å². The van der Waals surface area contributed by atoms with Crippen LogP contribution in [0.4, 0.5) is 17.1 Å². The number of hydrogen-bond donors (Lipinski definition) is 0. The van der Waals surface area contributed by atoms with Crippen LogP contribution in [-0.4, -0.2) is 0 Å². The smallest absolute Gasteiger partial charge is 0.0465 e. The summed E-state index contributed by atoms with van der Waals surface area (Å²) in [6, 6.07) is 54.2. The third kappa shape index (κ3) is 7.83. The molecule has 2 saturated carbocycles. The Bertz CT molecular complexity index is 2320. The summed E-state index contributed by atoms with van der Waals surface area (Å²) in [7, 11) is 0. The van der Waals surface area contributed by atoms with E-state index in [2.05, 4.69) is 179 Å². The van der Waals surface area contributed by atoms with E-state index in [9.17, 15) is 0 Å². The van der Waals surface area contributed by atoms with Crippen LogP contribution in [0.3, 0.4) is 0 Å². The van der Waals surface area contributed by atoms with E-state index in [0.29, 0.717) is 11.8 Å². The standard InChI is InChI=1S/C58H65N/c1-6-41-14-12-18-43(19-13-15-41)44-22-24-45(25-23-44)47-28-36-51(37-29-47)59(50-34-26-46(27-35-50)42-16-8-7-9-17-42)52-38-39-54-53-20-10-11-21-55(53)58(5,56(54)40-52)49-32-30-48(31-33-49)57(2,3)4/h10-11,20-43H,6-9,12-19H2,1-5H3. The summed E-state index contributed by atoms with van der Waals surface area (Å²) in [6.45, 7) is 11.7. The van der Waals surface area contributed by atoms with Gasteiger partial charge in [0.2, 0.25) is 0 Å². The Hall–Kier alpha value is -4.88. The molecular formula is C58H65N. The molecule has 3 aliphatic rings. The lowest BCUT2D eigenvalue weighted by molar-refractivity contribution is 0.350. The topological polar surface area (TPSA) is 3.24 Å². The minimum Gasteiger partial charge on any atom is -0.310 e. The quantitative estimate of drug-likeness (QED) is 0.149. The second-order valence-electron chi connectivity index (χ2n) is 19.5. The fraction of sp³-hybridized carbons (Fsp3) is 0.379. The lowest BCUT2D eigenvalue weighted by Gasteiger charge is -2.31. The summed E-state index contributed by atoms with van der Waals surface area (Å²) in [6.07, 6.45) is 16.3. The molecule has 6 aromatic rings. The maximum Gasteiger partial charge on any atom is 0.0465 e. The Balaban J connectivity index is 1.07. The van der Waals surface area contributed by atoms with E-state index < -0.39 is 0 Å². The van der Waals surface area contributed by atoms with Gasteiger partial charge in [-0.2, -0.15) is 0 Å². The van der Waals surface area contributed by atoms with Gasteiger partial charge in [0.1, 0.15) is 0 Å². The summed E-state index contributed by atoms with van der Waals surface area (Å²) >= 11 is 0. The maximum atomic E-state index is 2.49. The van der Waals surface area contributed by atoms with Gasteiger partial charge in [0.15, 0.2) is 0 Å². The molecule has 0 spiro atoms. The highest BCUT2D eigenvalue weighted by molar-refractivity contribution is 5.87. The first-order valence-electron chi connectivity index (χ1n) is 23.2. The molecule has 0 heterocycles. The zero-order chi connectivity index (χ0) is 40.6. The number of nitrogens with zero attached hydrogens (tertiary/aromatic N) is 1. The van der Waals surface area contributed by atoms with Gasteiger partial charge in [-0.3, -0.25) is 0 Å². The molecule has 9 rings (SSSR count).